The summed E-state index contributed by atoms with van der Waals surface area (Å²) < 4.78 is 23.6. The molecule has 0 bridgehead atoms. The minimum atomic E-state index is -3.11. The average molecular weight is 287 g/mol. The van der Waals surface area contributed by atoms with Gasteiger partial charge in [-0.25, -0.2) is 13.4 Å². The summed E-state index contributed by atoms with van der Waals surface area (Å²) in [5, 5.41) is -0.494. The summed E-state index contributed by atoms with van der Waals surface area (Å²) >= 11 is 1.66. The largest absolute Gasteiger partial charge is 0.397 e. The molecule has 2 heterocycles. The highest BCUT2D eigenvalue weighted by Crippen LogP contribution is 2.26. The van der Waals surface area contributed by atoms with Crippen LogP contribution in [0.25, 0.3) is 0 Å². The van der Waals surface area contributed by atoms with Crippen molar-refractivity contribution in [1.29, 1.82) is 0 Å². The number of aryl methyl sites for hydroxylation is 1. The van der Waals surface area contributed by atoms with E-state index in [-0.39, 0.29) is 0 Å². The van der Waals surface area contributed by atoms with Gasteiger partial charge in [0.1, 0.15) is 11.2 Å². The lowest BCUT2D eigenvalue weighted by Crippen LogP contribution is -2.47. The third kappa shape index (κ3) is 2.72. The zero-order chi connectivity index (χ0) is 13.3. The first-order valence-corrected chi connectivity index (χ1v) is 8.76. The number of hydrogen-bond acceptors (Lipinski definition) is 6. The SMILES string of the molecule is Cc1cc(N2CCSCC2S(C)(=O)=O)ncc1N. The third-order valence-electron chi connectivity index (χ3n) is 3.01. The predicted molar refractivity (Wildman–Crippen MR) is 76.7 cm³/mol. The highest BCUT2D eigenvalue weighted by molar-refractivity contribution is 8.01. The van der Waals surface area contributed by atoms with Gasteiger partial charge in [0, 0.05) is 24.3 Å². The number of nitrogen functional groups attached to an aromatic ring is 1. The van der Waals surface area contributed by atoms with Crippen molar-refractivity contribution >= 4 is 33.1 Å². The van der Waals surface area contributed by atoms with E-state index in [0.29, 0.717) is 23.8 Å². The Morgan fingerprint density at radius 2 is 2.28 bits per heavy atom. The Labute approximate surface area is 112 Å². The molecule has 5 nitrogen and oxygen atoms in total. The van der Waals surface area contributed by atoms with Crippen molar-refractivity contribution in [3.05, 3.63) is 17.8 Å². The monoisotopic (exact) mass is 287 g/mol. The molecule has 2 rings (SSSR count). The number of hydrogen-bond donors (Lipinski definition) is 1. The number of sulfone groups is 1. The van der Waals surface area contributed by atoms with Crippen LogP contribution in [0.15, 0.2) is 12.3 Å². The standard InChI is InChI=1S/C11H17N3O2S2/c1-8-5-10(13-6-9(8)12)14-3-4-17-7-11(14)18(2,15)16/h5-6,11H,3-4,7,12H2,1-2H3. The van der Waals surface area contributed by atoms with Crippen molar-refractivity contribution in [2.24, 2.45) is 0 Å². The third-order valence-corrected chi connectivity index (χ3v) is 5.65. The van der Waals surface area contributed by atoms with Gasteiger partial charge in [-0.3, -0.25) is 0 Å². The number of rotatable bonds is 2. The molecule has 1 saturated heterocycles. The highest BCUT2D eigenvalue weighted by Gasteiger charge is 2.31. The Hall–Kier alpha value is -0.950. The molecule has 1 aliphatic heterocycles. The first-order valence-electron chi connectivity index (χ1n) is 5.65. The van der Waals surface area contributed by atoms with E-state index in [1.54, 1.807) is 18.0 Å². The summed E-state index contributed by atoms with van der Waals surface area (Å²) in [6.45, 7) is 2.59. The first-order chi connectivity index (χ1) is 8.39. The van der Waals surface area contributed by atoms with Crippen molar-refractivity contribution in [2.75, 3.05) is 34.9 Å². The van der Waals surface area contributed by atoms with E-state index in [1.807, 2.05) is 17.9 Å². The number of anilines is 2. The Kier molecular flexibility index (Phi) is 3.72. The molecule has 0 aliphatic carbocycles. The van der Waals surface area contributed by atoms with E-state index in [0.717, 1.165) is 11.3 Å². The van der Waals surface area contributed by atoms with Crippen LogP contribution in [0, 0.1) is 6.92 Å². The van der Waals surface area contributed by atoms with Crippen LogP contribution in [-0.2, 0) is 9.84 Å². The molecular weight excluding hydrogens is 270 g/mol. The van der Waals surface area contributed by atoms with Gasteiger partial charge in [-0.1, -0.05) is 0 Å². The van der Waals surface area contributed by atoms with E-state index in [2.05, 4.69) is 4.98 Å². The quantitative estimate of drug-likeness (QED) is 0.871. The maximum absolute atomic E-state index is 11.8. The van der Waals surface area contributed by atoms with E-state index in [4.69, 9.17) is 5.73 Å². The fourth-order valence-corrected chi connectivity index (χ4v) is 4.73. The van der Waals surface area contributed by atoms with Gasteiger partial charge in [-0.05, 0) is 18.6 Å². The molecule has 1 aromatic heterocycles. The van der Waals surface area contributed by atoms with Gasteiger partial charge >= 0.3 is 0 Å². The smallest absolute Gasteiger partial charge is 0.169 e. The molecule has 0 aromatic carbocycles. The molecule has 18 heavy (non-hydrogen) atoms. The molecule has 0 radical (unpaired) electrons. The van der Waals surface area contributed by atoms with Gasteiger partial charge in [-0.2, -0.15) is 11.8 Å². The molecule has 1 aromatic rings. The van der Waals surface area contributed by atoms with Crippen LogP contribution in [0.2, 0.25) is 0 Å². The maximum Gasteiger partial charge on any atom is 0.169 e. The number of thioether (sulfide) groups is 1. The molecule has 2 N–H and O–H groups in total. The average Bonchev–Trinajstić information content (AvgIpc) is 2.32. The predicted octanol–water partition coefficient (Wildman–Crippen LogP) is 0.896. The van der Waals surface area contributed by atoms with Crippen LogP contribution >= 0.6 is 11.8 Å². The fourth-order valence-electron chi connectivity index (χ4n) is 1.91. The van der Waals surface area contributed by atoms with Crippen molar-refractivity contribution < 1.29 is 8.42 Å². The molecule has 0 saturated carbocycles. The van der Waals surface area contributed by atoms with E-state index in [1.165, 1.54) is 6.26 Å². The molecule has 1 fully saturated rings. The summed E-state index contributed by atoms with van der Waals surface area (Å²) in [6, 6.07) is 1.85. The van der Waals surface area contributed by atoms with Crippen LogP contribution < -0.4 is 10.6 Å². The zero-order valence-electron chi connectivity index (χ0n) is 10.5. The highest BCUT2D eigenvalue weighted by atomic mass is 32.2. The lowest BCUT2D eigenvalue weighted by atomic mass is 10.2. The van der Waals surface area contributed by atoms with Gasteiger partial charge in [0.25, 0.3) is 0 Å². The molecular formula is C11H17N3O2S2. The van der Waals surface area contributed by atoms with Crippen molar-refractivity contribution in [3.63, 3.8) is 0 Å². The van der Waals surface area contributed by atoms with Crippen LogP contribution in [0.5, 0.6) is 0 Å². The van der Waals surface area contributed by atoms with Crippen LogP contribution in [0.1, 0.15) is 5.56 Å². The van der Waals surface area contributed by atoms with Crippen LogP contribution in [0.3, 0.4) is 0 Å². The lowest BCUT2D eigenvalue weighted by Gasteiger charge is -2.35. The normalized spacial score (nSPS) is 21.0. The summed E-state index contributed by atoms with van der Waals surface area (Å²) in [7, 11) is -3.11. The second-order valence-electron chi connectivity index (χ2n) is 4.45. The van der Waals surface area contributed by atoms with E-state index < -0.39 is 15.2 Å². The maximum atomic E-state index is 11.8. The number of pyridine rings is 1. The van der Waals surface area contributed by atoms with Gasteiger partial charge in [0.15, 0.2) is 9.84 Å². The zero-order valence-corrected chi connectivity index (χ0v) is 12.1. The van der Waals surface area contributed by atoms with Crippen molar-refractivity contribution in [3.8, 4) is 0 Å². The number of nitrogens with zero attached hydrogens (tertiary/aromatic N) is 2. The summed E-state index contributed by atoms with van der Waals surface area (Å²) in [5.41, 5.74) is 7.28. The van der Waals surface area contributed by atoms with E-state index >= 15 is 0 Å². The Morgan fingerprint density at radius 1 is 1.56 bits per heavy atom. The molecule has 0 amide bonds. The van der Waals surface area contributed by atoms with Crippen LogP contribution in [-0.4, -0.2) is 43.1 Å². The minimum Gasteiger partial charge on any atom is -0.397 e. The molecule has 1 aliphatic rings. The molecule has 7 heteroatoms. The second-order valence-corrected chi connectivity index (χ2v) is 7.80. The molecule has 0 spiro atoms. The van der Waals surface area contributed by atoms with Gasteiger partial charge < -0.3 is 10.6 Å². The summed E-state index contributed by atoms with van der Waals surface area (Å²) in [5.74, 6) is 2.19. The summed E-state index contributed by atoms with van der Waals surface area (Å²) in [4.78, 5) is 6.11. The molecule has 100 valence electrons. The summed E-state index contributed by atoms with van der Waals surface area (Å²) in [6.07, 6.45) is 2.87. The Morgan fingerprint density at radius 3 is 2.89 bits per heavy atom. The number of aromatic nitrogens is 1. The van der Waals surface area contributed by atoms with E-state index in [9.17, 15) is 8.42 Å². The lowest BCUT2D eigenvalue weighted by molar-refractivity contribution is 0.583. The Bertz CT molecular complexity index is 545. The molecule has 1 atom stereocenters. The van der Waals surface area contributed by atoms with Crippen molar-refractivity contribution in [2.45, 2.75) is 12.3 Å². The molecule has 1 unspecified atom stereocenters. The van der Waals surface area contributed by atoms with Crippen LogP contribution in [0.4, 0.5) is 11.5 Å². The first kappa shape index (κ1) is 13.5. The second kappa shape index (κ2) is 4.97. The Balaban J connectivity index is 2.37. The number of nitrogens with two attached hydrogens (primary N) is 1. The minimum absolute atomic E-state index is 0.494. The van der Waals surface area contributed by atoms with Crippen molar-refractivity contribution in [1.82, 2.24) is 4.98 Å². The van der Waals surface area contributed by atoms with Gasteiger partial charge in [-0.15, -0.1) is 0 Å². The fraction of sp³-hybridized carbons (Fsp3) is 0.545. The van der Waals surface area contributed by atoms with Gasteiger partial charge in [0.05, 0.1) is 11.9 Å². The van der Waals surface area contributed by atoms with Gasteiger partial charge in [0.2, 0.25) is 0 Å². The topological polar surface area (TPSA) is 76.3 Å².